The van der Waals surface area contributed by atoms with E-state index in [4.69, 9.17) is 0 Å². The molecule has 0 spiro atoms. The number of hydrogen-bond acceptors (Lipinski definition) is 2. The van der Waals surface area contributed by atoms with E-state index in [-0.39, 0.29) is 5.54 Å². The molecule has 1 aliphatic rings. The van der Waals surface area contributed by atoms with Gasteiger partial charge < -0.3 is 5.32 Å². The molecule has 17 heavy (non-hydrogen) atoms. The Bertz CT molecular complexity index is 356. The maximum Gasteiger partial charge on any atom is 0.0450 e. The summed E-state index contributed by atoms with van der Waals surface area (Å²) in [6.45, 7) is 11.4. The minimum atomic E-state index is 0.249. The van der Waals surface area contributed by atoms with Crippen LogP contribution in [0.5, 0.6) is 0 Å². The van der Waals surface area contributed by atoms with Crippen LogP contribution in [0, 0.1) is 0 Å². The van der Waals surface area contributed by atoms with Gasteiger partial charge in [-0.2, -0.15) is 0 Å². The molecule has 2 rings (SSSR count). The van der Waals surface area contributed by atoms with Gasteiger partial charge in [-0.1, -0.05) is 30.3 Å². The smallest absolute Gasteiger partial charge is 0.0450 e. The Hall–Kier alpha value is -0.860. The molecule has 94 valence electrons. The van der Waals surface area contributed by atoms with E-state index in [1.54, 1.807) is 0 Å². The Morgan fingerprint density at radius 2 is 1.88 bits per heavy atom. The van der Waals surface area contributed by atoms with E-state index in [2.05, 4.69) is 68.2 Å². The molecular formula is C15H24N2. The zero-order valence-electron chi connectivity index (χ0n) is 11.4. The molecule has 1 aliphatic heterocycles. The van der Waals surface area contributed by atoms with Crippen molar-refractivity contribution in [2.24, 2.45) is 0 Å². The molecule has 0 radical (unpaired) electrons. The number of nitrogens with one attached hydrogen (secondary N) is 1. The van der Waals surface area contributed by atoms with Crippen LogP contribution in [0.15, 0.2) is 30.3 Å². The van der Waals surface area contributed by atoms with Gasteiger partial charge in [0, 0.05) is 30.7 Å². The molecule has 1 aromatic carbocycles. The van der Waals surface area contributed by atoms with Crippen molar-refractivity contribution >= 4 is 0 Å². The monoisotopic (exact) mass is 232 g/mol. The average molecular weight is 232 g/mol. The van der Waals surface area contributed by atoms with Gasteiger partial charge in [-0.05, 0) is 33.3 Å². The van der Waals surface area contributed by atoms with Gasteiger partial charge in [-0.15, -0.1) is 0 Å². The van der Waals surface area contributed by atoms with Gasteiger partial charge in [0.25, 0.3) is 0 Å². The van der Waals surface area contributed by atoms with Gasteiger partial charge in [-0.25, -0.2) is 0 Å². The summed E-state index contributed by atoms with van der Waals surface area (Å²) in [4.78, 5) is 2.60. The minimum absolute atomic E-state index is 0.249. The third-order valence-corrected chi connectivity index (χ3v) is 3.76. The Labute approximate surface area is 105 Å². The molecule has 2 heteroatoms. The van der Waals surface area contributed by atoms with Crippen molar-refractivity contribution < 1.29 is 0 Å². The van der Waals surface area contributed by atoms with Crippen LogP contribution in [0.3, 0.4) is 0 Å². The van der Waals surface area contributed by atoms with Crippen LogP contribution in [0.1, 0.15) is 39.3 Å². The first-order valence-corrected chi connectivity index (χ1v) is 6.56. The molecule has 1 fully saturated rings. The van der Waals surface area contributed by atoms with Crippen molar-refractivity contribution in [3.05, 3.63) is 35.9 Å². The SMILES string of the molecule is CC(C)N1CC(c2ccccc2)NCC1(C)C. The highest BCUT2D eigenvalue weighted by Crippen LogP contribution is 2.27. The van der Waals surface area contributed by atoms with Crippen molar-refractivity contribution in [3.63, 3.8) is 0 Å². The van der Waals surface area contributed by atoms with Crippen LogP contribution in [-0.2, 0) is 0 Å². The highest BCUT2D eigenvalue weighted by molar-refractivity contribution is 5.20. The third kappa shape index (κ3) is 2.70. The van der Waals surface area contributed by atoms with Crippen molar-refractivity contribution in [2.45, 2.75) is 45.3 Å². The number of benzene rings is 1. The molecule has 0 amide bonds. The van der Waals surface area contributed by atoms with Crippen molar-refractivity contribution in [1.82, 2.24) is 10.2 Å². The highest BCUT2D eigenvalue weighted by atomic mass is 15.3. The van der Waals surface area contributed by atoms with E-state index >= 15 is 0 Å². The fraction of sp³-hybridized carbons (Fsp3) is 0.600. The zero-order valence-corrected chi connectivity index (χ0v) is 11.4. The van der Waals surface area contributed by atoms with E-state index in [1.807, 2.05) is 0 Å². The lowest BCUT2D eigenvalue weighted by molar-refractivity contribution is 0.0375. The predicted molar refractivity (Wildman–Crippen MR) is 73.1 cm³/mol. The second kappa shape index (κ2) is 4.79. The number of rotatable bonds is 2. The number of hydrogen-bond donors (Lipinski definition) is 1. The highest BCUT2D eigenvalue weighted by Gasteiger charge is 2.35. The van der Waals surface area contributed by atoms with Gasteiger partial charge in [-0.3, -0.25) is 4.90 Å². The third-order valence-electron chi connectivity index (χ3n) is 3.76. The van der Waals surface area contributed by atoms with Crippen LogP contribution in [0.4, 0.5) is 0 Å². The Morgan fingerprint density at radius 1 is 1.24 bits per heavy atom. The van der Waals surface area contributed by atoms with E-state index in [0.717, 1.165) is 13.1 Å². The molecule has 1 saturated heterocycles. The van der Waals surface area contributed by atoms with Gasteiger partial charge in [0.05, 0.1) is 0 Å². The van der Waals surface area contributed by atoms with Crippen molar-refractivity contribution in [1.29, 1.82) is 0 Å². The minimum Gasteiger partial charge on any atom is -0.307 e. The molecule has 0 bridgehead atoms. The first-order valence-electron chi connectivity index (χ1n) is 6.56. The average Bonchev–Trinajstić information content (AvgIpc) is 2.29. The molecule has 1 N–H and O–H groups in total. The quantitative estimate of drug-likeness (QED) is 0.843. The summed E-state index contributed by atoms with van der Waals surface area (Å²) in [5, 5.41) is 3.67. The van der Waals surface area contributed by atoms with E-state index in [0.29, 0.717) is 12.1 Å². The van der Waals surface area contributed by atoms with Gasteiger partial charge >= 0.3 is 0 Å². The summed E-state index contributed by atoms with van der Waals surface area (Å²) in [7, 11) is 0. The normalized spacial score (nSPS) is 25.1. The molecule has 0 saturated carbocycles. The zero-order chi connectivity index (χ0) is 12.5. The molecule has 1 heterocycles. The first kappa shape index (κ1) is 12.6. The summed E-state index contributed by atoms with van der Waals surface area (Å²) >= 11 is 0. The summed E-state index contributed by atoms with van der Waals surface area (Å²) in [6.07, 6.45) is 0. The largest absolute Gasteiger partial charge is 0.307 e. The predicted octanol–water partition coefficient (Wildman–Crippen LogP) is 2.82. The standard InChI is InChI=1S/C15H24N2/c1-12(2)17-10-14(16-11-15(17,3)4)13-8-6-5-7-9-13/h5-9,12,14,16H,10-11H2,1-4H3. The second-order valence-electron chi connectivity index (χ2n) is 5.90. The Morgan fingerprint density at radius 3 is 2.47 bits per heavy atom. The number of piperazine rings is 1. The molecule has 1 unspecified atom stereocenters. The molecule has 2 nitrogen and oxygen atoms in total. The lowest BCUT2D eigenvalue weighted by atomic mass is 9.93. The second-order valence-corrected chi connectivity index (χ2v) is 5.90. The van der Waals surface area contributed by atoms with E-state index in [1.165, 1.54) is 5.56 Å². The summed E-state index contributed by atoms with van der Waals surface area (Å²) in [6, 6.07) is 11.8. The van der Waals surface area contributed by atoms with Crippen LogP contribution >= 0.6 is 0 Å². The van der Waals surface area contributed by atoms with Crippen LogP contribution in [-0.4, -0.2) is 29.6 Å². The van der Waals surface area contributed by atoms with Gasteiger partial charge in [0.15, 0.2) is 0 Å². The van der Waals surface area contributed by atoms with Crippen LogP contribution < -0.4 is 5.32 Å². The fourth-order valence-electron chi connectivity index (χ4n) is 2.80. The van der Waals surface area contributed by atoms with E-state index < -0.39 is 0 Å². The van der Waals surface area contributed by atoms with Crippen LogP contribution in [0.25, 0.3) is 0 Å². The summed E-state index contributed by atoms with van der Waals surface area (Å²) < 4.78 is 0. The molecular weight excluding hydrogens is 208 g/mol. The fourth-order valence-corrected chi connectivity index (χ4v) is 2.80. The molecule has 0 aromatic heterocycles. The number of nitrogens with zero attached hydrogens (tertiary/aromatic N) is 1. The lowest BCUT2D eigenvalue weighted by Gasteiger charge is -2.48. The maximum atomic E-state index is 3.67. The summed E-state index contributed by atoms with van der Waals surface area (Å²) in [5.41, 5.74) is 1.65. The summed E-state index contributed by atoms with van der Waals surface area (Å²) in [5.74, 6) is 0. The topological polar surface area (TPSA) is 15.3 Å². The lowest BCUT2D eigenvalue weighted by Crippen LogP contribution is -2.60. The Kier molecular flexibility index (Phi) is 3.55. The molecule has 1 atom stereocenters. The maximum absolute atomic E-state index is 3.67. The first-order chi connectivity index (χ1) is 8.00. The molecule has 0 aliphatic carbocycles. The molecule has 1 aromatic rings. The van der Waals surface area contributed by atoms with Crippen LogP contribution in [0.2, 0.25) is 0 Å². The van der Waals surface area contributed by atoms with Crippen molar-refractivity contribution in [3.8, 4) is 0 Å². The van der Waals surface area contributed by atoms with Gasteiger partial charge in [0.2, 0.25) is 0 Å². The Balaban J connectivity index is 2.15. The van der Waals surface area contributed by atoms with Gasteiger partial charge in [0.1, 0.15) is 0 Å². The van der Waals surface area contributed by atoms with Crippen molar-refractivity contribution in [2.75, 3.05) is 13.1 Å². The van der Waals surface area contributed by atoms with E-state index in [9.17, 15) is 0 Å².